The van der Waals surface area contributed by atoms with E-state index in [0.717, 1.165) is 49.2 Å². The largest absolute Gasteiger partial charge is 0.381 e. The summed E-state index contributed by atoms with van der Waals surface area (Å²) in [6.07, 6.45) is 8.67. The summed E-state index contributed by atoms with van der Waals surface area (Å²) >= 11 is 3.28. The highest BCUT2D eigenvalue weighted by Crippen LogP contribution is 2.25. The molecule has 1 atom stereocenters. The lowest BCUT2D eigenvalue weighted by Gasteiger charge is -2.22. The molecule has 0 spiro atoms. The molecular weight excluding hydrogens is 348 g/mol. The quantitative estimate of drug-likeness (QED) is 0.798. The third kappa shape index (κ3) is 3.77. The molecule has 1 unspecified atom stereocenters. The van der Waals surface area contributed by atoms with Gasteiger partial charge in [-0.2, -0.15) is 5.10 Å². The predicted molar refractivity (Wildman–Crippen MR) is 88.4 cm³/mol. The second-order valence-electron chi connectivity index (χ2n) is 5.54. The van der Waals surface area contributed by atoms with Gasteiger partial charge in [-0.25, -0.2) is 4.68 Å². The van der Waals surface area contributed by atoms with Crippen molar-refractivity contribution >= 4 is 26.2 Å². The van der Waals surface area contributed by atoms with Gasteiger partial charge in [-0.05, 0) is 35.2 Å². The summed E-state index contributed by atoms with van der Waals surface area (Å²) in [5.74, 6) is 0. The van der Waals surface area contributed by atoms with Crippen LogP contribution in [0.25, 0.3) is 0 Å². The van der Waals surface area contributed by atoms with Crippen molar-refractivity contribution < 1.29 is 9.47 Å². The maximum absolute atomic E-state index is 7.87. The van der Waals surface area contributed by atoms with E-state index >= 15 is 0 Å². The van der Waals surface area contributed by atoms with E-state index in [4.69, 9.17) is 14.9 Å². The lowest BCUT2D eigenvalue weighted by Crippen LogP contribution is -2.18. The fraction of sp³-hybridized carbons (Fsp3) is 0.600. The molecule has 1 aromatic heterocycles. The Balaban J connectivity index is 1.74. The summed E-state index contributed by atoms with van der Waals surface area (Å²) in [5, 5.41) is 15.7. The van der Waals surface area contributed by atoms with Crippen molar-refractivity contribution in [3.8, 4) is 0 Å². The van der Waals surface area contributed by atoms with E-state index in [1.807, 2.05) is 17.1 Å². The maximum atomic E-state index is 7.87. The van der Waals surface area contributed by atoms with Crippen LogP contribution in [-0.2, 0) is 9.47 Å². The first-order chi connectivity index (χ1) is 10.7. The van der Waals surface area contributed by atoms with Crippen molar-refractivity contribution in [3.05, 3.63) is 23.7 Å². The van der Waals surface area contributed by atoms with Gasteiger partial charge in [-0.1, -0.05) is 0 Å². The van der Waals surface area contributed by atoms with Crippen molar-refractivity contribution in [1.29, 1.82) is 5.41 Å². The highest BCUT2D eigenvalue weighted by Gasteiger charge is 2.18. The van der Waals surface area contributed by atoms with E-state index in [1.165, 1.54) is 6.42 Å². The summed E-state index contributed by atoms with van der Waals surface area (Å²) < 4.78 is 13.6. The second-order valence-corrected chi connectivity index (χ2v) is 6.33. The summed E-state index contributed by atoms with van der Waals surface area (Å²) in [7, 11) is 0. The van der Waals surface area contributed by atoms with E-state index in [-0.39, 0.29) is 6.23 Å². The molecule has 2 aliphatic heterocycles. The topological polar surface area (TPSA) is 72.2 Å². The molecule has 1 aromatic rings. The number of nitrogens with zero attached hydrogens (tertiary/aromatic N) is 2. The zero-order valence-electron chi connectivity index (χ0n) is 12.5. The van der Waals surface area contributed by atoms with Crippen LogP contribution in [0.2, 0.25) is 0 Å². The Morgan fingerprint density at radius 3 is 2.95 bits per heavy atom. The first kappa shape index (κ1) is 15.7. The lowest BCUT2D eigenvalue weighted by atomic mass is 10.1. The van der Waals surface area contributed by atoms with Crippen molar-refractivity contribution in [2.75, 3.05) is 25.1 Å². The molecule has 0 radical (unpaired) electrons. The predicted octanol–water partition coefficient (Wildman–Crippen LogP) is 3.43. The Kier molecular flexibility index (Phi) is 5.28. The average molecular weight is 369 g/mol. The number of nitrogens with one attached hydrogen (secondary N) is 2. The normalized spacial score (nSPS) is 23.2. The van der Waals surface area contributed by atoms with Crippen LogP contribution in [0.3, 0.4) is 0 Å². The SMILES string of the molecule is N=C(Br)C1=C(Nc2cnn(C3CCCCO3)c2)CCOCC1. The summed E-state index contributed by atoms with van der Waals surface area (Å²) in [4.78, 5) is 0. The summed E-state index contributed by atoms with van der Waals surface area (Å²) in [5.41, 5.74) is 2.93. The molecule has 0 saturated carbocycles. The Hall–Kier alpha value is -1.18. The fourth-order valence-electron chi connectivity index (χ4n) is 2.80. The molecule has 6 nitrogen and oxygen atoms in total. The molecule has 2 N–H and O–H groups in total. The zero-order chi connectivity index (χ0) is 15.4. The number of hydrogen-bond donors (Lipinski definition) is 2. The van der Waals surface area contributed by atoms with Gasteiger partial charge in [0.15, 0.2) is 0 Å². The molecule has 0 bridgehead atoms. The van der Waals surface area contributed by atoms with E-state index in [9.17, 15) is 0 Å². The molecule has 120 valence electrons. The van der Waals surface area contributed by atoms with Crippen molar-refractivity contribution in [1.82, 2.24) is 9.78 Å². The molecular formula is C15H21BrN4O2. The van der Waals surface area contributed by atoms with Crippen LogP contribution in [0.4, 0.5) is 5.69 Å². The number of hydrogen-bond acceptors (Lipinski definition) is 5. The van der Waals surface area contributed by atoms with Crippen molar-refractivity contribution in [2.45, 2.75) is 38.3 Å². The van der Waals surface area contributed by atoms with Crippen LogP contribution in [0.1, 0.15) is 38.3 Å². The second kappa shape index (κ2) is 7.39. The molecule has 22 heavy (non-hydrogen) atoms. The average Bonchev–Trinajstić information content (AvgIpc) is 2.86. The minimum absolute atomic E-state index is 0.0460. The van der Waals surface area contributed by atoms with E-state index < -0.39 is 0 Å². The summed E-state index contributed by atoms with van der Waals surface area (Å²) in [6.45, 7) is 2.14. The summed E-state index contributed by atoms with van der Waals surface area (Å²) in [6, 6.07) is 0. The lowest BCUT2D eigenvalue weighted by molar-refractivity contribution is -0.0394. The molecule has 0 aliphatic carbocycles. The van der Waals surface area contributed by atoms with Gasteiger partial charge in [0.2, 0.25) is 0 Å². The van der Waals surface area contributed by atoms with Crippen LogP contribution < -0.4 is 5.32 Å². The van der Waals surface area contributed by atoms with E-state index in [2.05, 4.69) is 26.3 Å². The third-order valence-corrected chi connectivity index (χ3v) is 4.45. The Bertz CT molecular complexity index is 564. The molecule has 3 rings (SSSR count). The Morgan fingerprint density at radius 1 is 1.32 bits per heavy atom. The number of rotatable bonds is 4. The van der Waals surface area contributed by atoms with Gasteiger partial charge < -0.3 is 14.8 Å². The van der Waals surface area contributed by atoms with E-state index in [0.29, 0.717) is 17.8 Å². The van der Waals surface area contributed by atoms with Crippen LogP contribution in [0.5, 0.6) is 0 Å². The number of anilines is 1. The van der Waals surface area contributed by atoms with Gasteiger partial charge in [0.05, 0.1) is 31.3 Å². The maximum Gasteiger partial charge on any atom is 0.150 e. The van der Waals surface area contributed by atoms with Crippen molar-refractivity contribution in [3.63, 3.8) is 0 Å². The highest BCUT2D eigenvalue weighted by molar-refractivity contribution is 9.18. The molecule has 1 fully saturated rings. The third-order valence-electron chi connectivity index (χ3n) is 3.97. The highest BCUT2D eigenvalue weighted by atomic mass is 79.9. The standard InChI is InChI=1S/C15H21BrN4O2/c16-15(17)12-4-7-21-8-5-13(12)19-11-9-18-20(10-11)14-3-1-2-6-22-14/h9-10,14,17,19H,1-8H2. The number of ether oxygens (including phenoxy) is 2. The minimum atomic E-state index is 0.0460. The molecule has 2 aliphatic rings. The van der Waals surface area contributed by atoms with Crippen LogP contribution in [-0.4, -0.2) is 34.2 Å². The first-order valence-electron chi connectivity index (χ1n) is 7.71. The molecule has 0 amide bonds. The number of halogens is 1. The van der Waals surface area contributed by atoms with Gasteiger partial charge in [-0.3, -0.25) is 5.41 Å². The molecule has 3 heterocycles. The number of aromatic nitrogens is 2. The molecule has 7 heteroatoms. The van der Waals surface area contributed by atoms with Gasteiger partial charge in [0.25, 0.3) is 0 Å². The van der Waals surface area contributed by atoms with Gasteiger partial charge in [0, 0.05) is 30.7 Å². The first-order valence-corrected chi connectivity index (χ1v) is 8.50. The minimum Gasteiger partial charge on any atom is -0.381 e. The van der Waals surface area contributed by atoms with Gasteiger partial charge in [0.1, 0.15) is 10.8 Å². The zero-order valence-corrected chi connectivity index (χ0v) is 14.1. The van der Waals surface area contributed by atoms with Crippen LogP contribution in [0.15, 0.2) is 23.7 Å². The van der Waals surface area contributed by atoms with Gasteiger partial charge in [-0.15, -0.1) is 0 Å². The van der Waals surface area contributed by atoms with Crippen LogP contribution in [0, 0.1) is 5.41 Å². The fourth-order valence-corrected chi connectivity index (χ4v) is 3.24. The van der Waals surface area contributed by atoms with Crippen LogP contribution >= 0.6 is 15.9 Å². The molecule has 1 saturated heterocycles. The smallest absolute Gasteiger partial charge is 0.150 e. The monoisotopic (exact) mass is 368 g/mol. The van der Waals surface area contributed by atoms with E-state index in [1.54, 1.807) is 0 Å². The Labute approximate surface area is 138 Å². The molecule has 0 aromatic carbocycles. The van der Waals surface area contributed by atoms with Gasteiger partial charge >= 0.3 is 0 Å². The van der Waals surface area contributed by atoms with Crippen molar-refractivity contribution in [2.24, 2.45) is 0 Å². The Morgan fingerprint density at radius 2 is 2.18 bits per heavy atom.